The Morgan fingerprint density at radius 1 is 1.14 bits per heavy atom. The first-order chi connectivity index (χ1) is 10.2. The van der Waals surface area contributed by atoms with Gasteiger partial charge in [0.05, 0.1) is 7.11 Å². The van der Waals surface area contributed by atoms with E-state index >= 15 is 0 Å². The number of nitrogens with two attached hydrogens (primary N) is 1. The summed E-state index contributed by atoms with van der Waals surface area (Å²) in [7, 11) is 1.67. The first-order valence-corrected chi connectivity index (χ1v) is 7.38. The van der Waals surface area contributed by atoms with E-state index in [9.17, 15) is 0 Å². The summed E-state index contributed by atoms with van der Waals surface area (Å²) >= 11 is 0. The molecule has 0 saturated heterocycles. The summed E-state index contributed by atoms with van der Waals surface area (Å²) in [6.07, 6.45) is 2.74. The highest BCUT2D eigenvalue weighted by Gasteiger charge is 2.44. The zero-order chi connectivity index (χ0) is 14.4. The molecule has 2 aliphatic rings. The average Bonchev–Trinajstić information content (AvgIpc) is 2.83. The lowest BCUT2D eigenvalue weighted by Crippen LogP contribution is -2.43. The SMILES string of the molecule is COc1ccc2c(c1)OC1(Cc3ccccc3C1)C[C@H]2N. The molecule has 1 aliphatic heterocycles. The van der Waals surface area contributed by atoms with Gasteiger partial charge >= 0.3 is 0 Å². The van der Waals surface area contributed by atoms with E-state index in [1.165, 1.54) is 11.1 Å². The molecule has 0 saturated carbocycles. The molecule has 108 valence electrons. The predicted octanol–water partition coefficient (Wildman–Crippen LogP) is 3.02. The van der Waals surface area contributed by atoms with Gasteiger partial charge in [-0.15, -0.1) is 0 Å². The van der Waals surface area contributed by atoms with E-state index in [-0.39, 0.29) is 11.6 Å². The van der Waals surface area contributed by atoms with Gasteiger partial charge in [-0.1, -0.05) is 30.3 Å². The van der Waals surface area contributed by atoms with Gasteiger partial charge in [-0.05, 0) is 17.2 Å². The summed E-state index contributed by atoms with van der Waals surface area (Å²) in [5.41, 5.74) is 10.1. The van der Waals surface area contributed by atoms with Crippen LogP contribution in [0.2, 0.25) is 0 Å². The van der Waals surface area contributed by atoms with Crippen LogP contribution >= 0.6 is 0 Å². The van der Waals surface area contributed by atoms with Crippen molar-refractivity contribution < 1.29 is 9.47 Å². The number of rotatable bonds is 1. The molecule has 0 bridgehead atoms. The van der Waals surface area contributed by atoms with Crippen molar-refractivity contribution in [3.63, 3.8) is 0 Å². The van der Waals surface area contributed by atoms with Crippen molar-refractivity contribution in [2.45, 2.75) is 30.9 Å². The second-order valence-electron chi connectivity index (χ2n) is 6.12. The van der Waals surface area contributed by atoms with Crippen LogP contribution in [0.3, 0.4) is 0 Å². The monoisotopic (exact) mass is 281 g/mol. The molecular formula is C18H19NO2. The summed E-state index contributed by atoms with van der Waals surface area (Å²) < 4.78 is 11.7. The van der Waals surface area contributed by atoms with E-state index in [2.05, 4.69) is 24.3 Å². The van der Waals surface area contributed by atoms with Crippen LogP contribution in [-0.2, 0) is 12.8 Å². The summed E-state index contributed by atoms with van der Waals surface area (Å²) in [6.45, 7) is 0. The number of hydrogen-bond acceptors (Lipinski definition) is 3. The second kappa shape index (κ2) is 4.50. The molecule has 0 unspecified atom stereocenters. The van der Waals surface area contributed by atoms with Crippen LogP contribution in [0.5, 0.6) is 11.5 Å². The summed E-state index contributed by atoms with van der Waals surface area (Å²) in [5, 5.41) is 0. The first-order valence-electron chi connectivity index (χ1n) is 7.38. The zero-order valence-electron chi connectivity index (χ0n) is 12.1. The number of methoxy groups -OCH3 is 1. The Labute approximate surface area is 124 Å². The largest absolute Gasteiger partial charge is 0.497 e. The van der Waals surface area contributed by atoms with Gasteiger partial charge in [0.2, 0.25) is 0 Å². The molecular weight excluding hydrogens is 262 g/mol. The molecule has 1 spiro atoms. The lowest BCUT2D eigenvalue weighted by atomic mass is 9.85. The summed E-state index contributed by atoms with van der Waals surface area (Å²) in [4.78, 5) is 0. The molecule has 2 N–H and O–H groups in total. The van der Waals surface area contributed by atoms with Crippen LogP contribution in [0, 0.1) is 0 Å². The minimum atomic E-state index is -0.192. The topological polar surface area (TPSA) is 44.5 Å². The molecule has 0 radical (unpaired) electrons. The van der Waals surface area contributed by atoms with Crippen molar-refractivity contribution in [1.82, 2.24) is 0 Å². The van der Waals surface area contributed by atoms with Gasteiger partial charge in [0.1, 0.15) is 17.1 Å². The molecule has 2 aromatic carbocycles. The lowest BCUT2D eigenvalue weighted by Gasteiger charge is -2.38. The smallest absolute Gasteiger partial charge is 0.128 e. The fourth-order valence-electron chi connectivity index (χ4n) is 3.70. The van der Waals surface area contributed by atoms with Gasteiger partial charge in [-0.3, -0.25) is 0 Å². The Hall–Kier alpha value is -2.00. The third kappa shape index (κ3) is 2.00. The van der Waals surface area contributed by atoms with Crippen molar-refractivity contribution in [2.75, 3.05) is 7.11 Å². The van der Waals surface area contributed by atoms with E-state index in [0.29, 0.717) is 0 Å². The molecule has 1 heterocycles. The highest BCUT2D eigenvalue weighted by atomic mass is 16.5. The molecule has 1 atom stereocenters. The average molecular weight is 281 g/mol. The molecule has 4 rings (SSSR count). The van der Waals surface area contributed by atoms with Gasteiger partial charge in [0.15, 0.2) is 0 Å². The van der Waals surface area contributed by atoms with Crippen molar-refractivity contribution in [3.8, 4) is 11.5 Å². The van der Waals surface area contributed by atoms with Gasteiger partial charge in [-0.2, -0.15) is 0 Å². The van der Waals surface area contributed by atoms with Gasteiger partial charge in [-0.25, -0.2) is 0 Å². The van der Waals surface area contributed by atoms with Gasteiger partial charge in [0.25, 0.3) is 0 Å². The number of ether oxygens (including phenoxy) is 2. The van der Waals surface area contributed by atoms with Crippen LogP contribution in [0.25, 0.3) is 0 Å². The maximum absolute atomic E-state index is 6.42. The molecule has 1 aliphatic carbocycles. The normalized spacial score (nSPS) is 21.5. The highest BCUT2D eigenvalue weighted by Crippen LogP contribution is 2.46. The minimum absolute atomic E-state index is 0.0222. The Kier molecular flexibility index (Phi) is 2.73. The standard InChI is InChI=1S/C18H19NO2/c1-20-14-6-7-15-16(19)11-18(21-17(15)8-14)9-12-4-2-3-5-13(12)10-18/h2-8,16H,9-11,19H2,1H3/t16-/m1/s1. The van der Waals surface area contributed by atoms with Crippen LogP contribution in [-0.4, -0.2) is 12.7 Å². The van der Waals surface area contributed by atoms with E-state index in [4.69, 9.17) is 15.2 Å². The fraction of sp³-hybridized carbons (Fsp3) is 0.333. The molecule has 0 fully saturated rings. The van der Waals surface area contributed by atoms with Crippen molar-refractivity contribution in [1.29, 1.82) is 0 Å². The summed E-state index contributed by atoms with van der Waals surface area (Å²) in [6, 6.07) is 14.5. The Bertz CT molecular complexity index is 670. The Morgan fingerprint density at radius 3 is 2.52 bits per heavy atom. The fourth-order valence-corrected chi connectivity index (χ4v) is 3.70. The van der Waals surface area contributed by atoms with Gasteiger partial charge < -0.3 is 15.2 Å². The number of hydrogen-bond donors (Lipinski definition) is 1. The number of benzene rings is 2. The molecule has 0 amide bonds. The van der Waals surface area contributed by atoms with Crippen LogP contribution in [0.15, 0.2) is 42.5 Å². The van der Waals surface area contributed by atoms with Crippen molar-refractivity contribution in [3.05, 3.63) is 59.2 Å². The van der Waals surface area contributed by atoms with E-state index < -0.39 is 0 Å². The zero-order valence-corrected chi connectivity index (χ0v) is 12.1. The predicted molar refractivity (Wildman–Crippen MR) is 81.7 cm³/mol. The molecule has 2 aromatic rings. The first kappa shape index (κ1) is 12.7. The van der Waals surface area contributed by atoms with Gasteiger partial charge in [0, 0.05) is 36.9 Å². The van der Waals surface area contributed by atoms with Crippen LogP contribution in [0.1, 0.15) is 29.2 Å². The Balaban J connectivity index is 1.72. The van der Waals surface area contributed by atoms with E-state index in [1.807, 2.05) is 18.2 Å². The third-order valence-corrected chi connectivity index (χ3v) is 4.68. The molecule has 3 nitrogen and oxygen atoms in total. The highest BCUT2D eigenvalue weighted by molar-refractivity contribution is 5.46. The van der Waals surface area contributed by atoms with Crippen LogP contribution in [0.4, 0.5) is 0 Å². The third-order valence-electron chi connectivity index (χ3n) is 4.68. The quantitative estimate of drug-likeness (QED) is 0.874. The van der Waals surface area contributed by atoms with E-state index in [0.717, 1.165) is 36.3 Å². The maximum Gasteiger partial charge on any atom is 0.128 e. The van der Waals surface area contributed by atoms with Crippen LogP contribution < -0.4 is 15.2 Å². The lowest BCUT2D eigenvalue weighted by molar-refractivity contribution is 0.0457. The summed E-state index contributed by atoms with van der Waals surface area (Å²) in [5.74, 6) is 1.69. The van der Waals surface area contributed by atoms with Crippen molar-refractivity contribution >= 4 is 0 Å². The maximum atomic E-state index is 6.42. The molecule has 0 aromatic heterocycles. The Morgan fingerprint density at radius 2 is 1.86 bits per heavy atom. The number of fused-ring (bicyclic) bond motifs is 2. The second-order valence-corrected chi connectivity index (χ2v) is 6.12. The minimum Gasteiger partial charge on any atom is -0.497 e. The molecule has 21 heavy (non-hydrogen) atoms. The van der Waals surface area contributed by atoms with E-state index in [1.54, 1.807) is 7.11 Å². The molecule has 3 heteroatoms. The van der Waals surface area contributed by atoms with Crippen molar-refractivity contribution in [2.24, 2.45) is 5.73 Å².